The number of hydroxylamine groups is 2. The predicted molar refractivity (Wildman–Crippen MR) is 87.9 cm³/mol. The van der Waals surface area contributed by atoms with E-state index in [0.29, 0.717) is 5.92 Å². The fourth-order valence-corrected chi connectivity index (χ4v) is 2.35. The zero-order valence-electron chi connectivity index (χ0n) is 14.0. The minimum Gasteiger partial charge on any atom is -0.290 e. The van der Waals surface area contributed by atoms with Crippen LogP contribution in [0.3, 0.4) is 0 Å². The summed E-state index contributed by atoms with van der Waals surface area (Å²) >= 11 is 0. The molecule has 1 aliphatic carbocycles. The number of carbonyl (C=O) groups excluding carboxylic acids is 2. The molecule has 0 aromatic heterocycles. The van der Waals surface area contributed by atoms with Crippen molar-refractivity contribution in [1.82, 2.24) is 5.06 Å². The number of allylic oxidation sites excluding steroid dienone is 6. The van der Waals surface area contributed by atoms with Gasteiger partial charge in [-0.1, -0.05) is 38.2 Å². The largest absolute Gasteiger partial charge is 0.290 e. The molecule has 0 unspecified atom stereocenters. The molecule has 22 heavy (non-hydrogen) atoms. The minimum atomic E-state index is -0.129. The van der Waals surface area contributed by atoms with Gasteiger partial charge >= 0.3 is 0 Å². The van der Waals surface area contributed by atoms with Crippen LogP contribution in [0, 0.1) is 11.8 Å². The highest BCUT2D eigenvalue weighted by Gasteiger charge is 2.26. The average molecular weight is 305 g/mol. The van der Waals surface area contributed by atoms with E-state index in [-0.39, 0.29) is 24.0 Å². The van der Waals surface area contributed by atoms with Crippen LogP contribution in [0.4, 0.5) is 0 Å². The van der Waals surface area contributed by atoms with Gasteiger partial charge in [-0.25, -0.2) is 5.06 Å². The number of hydrogen-bond donors (Lipinski definition) is 0. The van der Waals surface area contributed by atoms with Crippen molar-refractivity contribution < 1.29 is 14.4 Å². The maximum absolute atomic E-state index is 12.0. The second kappa shape index (κ2) is 9.36. The zero-order chi connectivity index (χ0) is 16.5. The molecule has 1 amide bonds. The summed E-state index contributed by atoms with van der Waals surface area (Å²) < 4.78 is 0. The summed E-state index contributed by atoms with van der Waals surface area (Å²) in [7, 11) is 3.03. The van der Waals surface area contributed by atoms with Crippen LogP contribution in [0.25, 0.3) is 0 Å². The highest BCUT2D eigenvalue weighted by atomic mass is 16.7. The fraction of sp³-hybridized carbons (Fsp3) is 0.556. The van der Waals surface area contributed by atoms with Crippen LogP contribution in [0.1, 0.15) is 39.5 Å². The lowest BCUT2D eigenvalue weighted by atomic mass is 9.94. The van der Waals surface area contributed by atoms with Gasteiger partial charge in [0.1, 0.15) is 0 Å². The van der Waals surface area contributed by atoms with Crippen LogP contribution in [-0.2, 0) is 14.4 Å². The lowest BCUT2D eigenvalue weighted by Crippen LogP contribution is -2.27. The Bertz CT molecular complexity index is 477. The van der Waals surface area contributed by atoms with E-state index in [1.54, 1.807) is 13.1 Å². The van der Waals surface area contributed by atoms with E-state index in [9.17, 15) is 9.59 Å². The van der Waals surface area contributed by atoms with Crippen molar-refractivity contribution in [3.63, 3.8) is 0 Å². The van der Waals surface area contributed by atoms with Crippen molar-refractivity contribution in [2.75, 3.05) is 14.2 Å². The van der Waals surface area contributed by atoms with Crippen LogP contribution in [0.5, 0.6) is 0 Å². The molecule has 122 valence electrons. The van der Waals surface area contributed by atoms with E-state index in [4.69, 9.17) is 4.84 Å². The third kappa shape index (κ3) is 5.60. The van der Waals surface area contributed by atoms with E-state index in [2.05, 4.69) is 26.0 Å². The monoisotopic (exact) mass is 305 g/mol. The Morgan fingerprint density at radius 3 is 2.77 bits per heavy atom. The highest BCUT2D eigenvalue weighted by Crippen LogP contribution is 2.27. The molecular weight excluding hydrogens is 278 g/mol. The van der Waals surface area contributed by atoms with Gasteiger partial charge in [-0.15, -0.1) is 0 Å². The lowest BCUT2D eigenvalue weighted by molar-refractivity contribution is -0.169. The van der Waals surface area contributed by atoms with Crippen molar-refractivity contribution >= 4 is 11.7 Å². The number of amides is 1. The first kappa shape index (κ1) is 18.4. The maximum atomic E-state index is 12.0. The van der Waals surface area contributed by atoms with Crippen LogP contribution in [0.2, 0.25) is 0 Å². The number of hydrogen-bond acceptors (Lipinski definition) is 3. The zero-order valence-corrected chi connectivity index (χ0v) is 14.0. The molecule has 4 nitrogen and oxygen atoms in total. The van der Waals surface area contributed by atoms with Crippen molar-refractivity contribution in [2.45, 2.75) is 39.5 Å². The van der Waals surface area contributed by atoms with E-state index in [1.807, 2.05) is 12.2 Å². The third-order valence-corrected chi connectivity index (χ3v) is 3.86. The van der Waals surface area contributed by atoms with Gasteiger partial charge in [-0.3, -0.25) is 14.4 Å². The Labute approximate surface area is 133 Å². The van der Waals surface area contributed by atoms with Gasteiger partial charge in [0.05, 0.1) is 7.11 Å². The van der Waals surface area contributed by atoms with E-state index in [1.165, 1.54) is 12.2 Å². The van der Waals surface area contributed by atoms with Crippen molar-refractivity contribution in [3.05, 3.63) is 36.0 Å². The SMILES string of the molecule is CC/C=C\C[C@H](C)C/C=C1/C(=O)C=C[C@@H]1CC(=O)N(C)OC. The number of ketones is 1. The van der Waals surface area contributed by atoms with Gasteiger partial charge in [-0.05, 0) is 31.3 Å². The predicted octanol–water partition coefficient (Wildman–Crippen LogP) is 3.46. The molecule has 0 aromatic carbocycles. The Hall–Kier alpha value is -1.68. The van der Waals surface area contributed by atoms with Crippen molar-refractivity contribution in [2.24, 2.45) is 11.8 Å². The van der Waals surface area contributed by atoms with Crippen molar-refractivity contribution in [1.29, 1.82) is 0 Å². The highest BCUT2D eigenvalue weighted by molar-refractivity contribution is 6.07. The molecule has 1 aliphatic rings. The summed E-state index contributed by atoms with van der Waals surface area (Å²) in [6.07, 6.45) is 12.9. The van der Waals surface area contributed by atoms with Gasteiger partial charge in [0.25, 0.3) is 0 Å². The van der Waals surface area contributed by atoms with Crippen LogP contribution >= 0.6 is 0 Å². The summed E-state index contributed by atoms with van der Waals surface area (Å²) in [4.78, 5) is 28.8. The Morgan fingerprint density at radius 2 is 2.14 bits per heavy atom. The summed E-state index contributed by atoms with van der Waals surface area (Å²) in [5, 5.41) is 1.20. The fourth-order valence-electron chi connectivity index (χ4n) is 2.35. The maximum Gasteiger partial charge on any atom is 0.246 e. The molecule has 0 N–H and O–H groups in total. The molecule has 0 heterocycles. The summed E-state index contributed by atoms with van der Waals surface area (Å²) in [5.74, 6) is 0.253. The average Bonchev–Trinajstić information content (AvgIpc) is 2.84. The van der Waals surface area contributed by atoms with Crippen LogP contribution in [-0.4, -0.2) is 30.9 Å². The molecule has 0 bridgehead atoms. The molecular formula is C18H27NO3. The normalized spacial score (nSPS) is 21.0. The van der Waals surface area contributed by atoms with Gasteiger partial charge < -0.3 is 0 Å². The molecule has 4 heteroatoms. The first-order chi connectivity index (χ1) is 10.5. The Kier molecular flexibility index (Phi) is 7.82. The molecule has 0 fully saturated rings. The number of carbonyl (C=O) groups is 2. The van der Waals surface area contributed by atoms with Gasteiger partial charge in [0.15, 0.2) is 5.78 Å². The van der Waals surface area contributed by atoms with E-state index in [0.717, 1.165) is 24.8 Å². The summed E-state index contributed by atoms with van der Waals surface area (Å²) in [6, 6.07) is 0. The molecule has 0 aliphatic heterocycles. The standard InChI is InChI=1S/C18H27NO3/c1-5-6-7-8-14(2)9-11-16-15(10-12-17(16)20)13-18(21)19(3)22-4/h6-7,10-12,14-15H,5,8-9,13H2,1-4H3/b7-6-,16-11+/t14-,15+/m0/s1. The second-order valence-corrected chi connectivity index (χ2v) is 5.72. The molecule has 0 spiro atoms. The number of nitrogens with zero attached hydrogens (tertiary/aromatic N) is 1. The Balaban J connectivity index is 2.62. The van der Waals surface area contributed by atoms with Gasteiger partial charge in [-0.2, -0.15) is 0 Å². The van der Waals surface area contributed by atoms with Gasteiger partial charge in [0, 0.05) is 25.0 Å². The minimum absolute atomic E-state index is 0.0224. The molecule has 0 saturated heterocycles. The molecule has 0 aromatic rings. The summed E-state index contributed by atoms with van der Waals surface area (Å²) in [5.41, 5.74) is 0.740. The molecule has 1 rings (SSSR count). The summed E-state index contributed by atoms with van der Waals surface area (Å²) in [6.45, 7) is 4.29. The molecule has 0 saturated carbocycles. The van der Waals surface area contributed by atoms with E-state index < -0.39 is 0 Å². The molecule has 2 atom stereocenters. The van der Waals surface area contributed by atoms with Crippen LogP contribution in [0.15, 0.2) is 36.0 Å². The second-order valence-electron chi connectivity index (χ2n) is 5.72. The number of rotatable bonds is 8. The Morgan fingerprint density at radius 1 is 1.41 bits per heavy atom. The first-order valence-electron chi connectivity index (χ1n) is 7.87. The van der Waals surface area contributed by atoms with Gasteiger partial charge in [0.2, 0.25) is 5.91 Å². The van der Waals surface area contributed by atoms with Crippen LogP contribution < -0.4 is 0 Å². The quantitative estimate of drug-likeness (QED) is 0.392. The smallest absolute Gasteiger partial charge is 0.246 e. The topological polar surface area (TPSA) is 46.6 Å². The van der Waals surface area contributed by atoms with E-state index >= 15 is 0 Å². The lowest BCUT2D eigenvalue weighted by Gasteiger charge is -2.17. The third-order valence-electron chi connectivity index (χ3n) is 3.86. The van der Waals surface area contributed by atoms with Crippen molar-refractivity contribution in [3.8, 4) is 0 Å². The molecule has 0 radical (unpaired) electrons. The first-order valence-corrected chi connectivity index (χ1v) is 7.87.